The van der Waals surface area contributed by atoms with Crippen molar-refractivity contribution in [2.75, 3.05) is 12.3 Å². The molecule has 4 heteroatoms. The average molecular weight is 251 g/mol. The van der Waals surface area contributed by atoms with E-state index in [1.807, 2.05) is 18.0 Å². The van der Waals surface area contributed by atoms with Crippen molar-refractivity contribution in [1.82, 2.24) is 15.3 Å². The molecular weight excluding hydrogens is 230 g/mol. The van der Waals surface area contributed by atoms with Crippen LogP contribution in [0.15, 0.2) is 23.6 Å². The van der Waals surface area contributed by atoms with Crippen LogP contribution in [0, 0.1) is 5.92 Å². The van der Waals surface area contributed by atoms with E-state index in [1.54, 1.807) is 12.4 Å². The van der Waals surface area contributed by atoms with Gasteiger partial charge in [0, 0.05) is 24.2 Å². The van der Waals surface area contributed by atoms with E-state index in [9.17, 15) is 0 Å². The minimum atomic E-state index is 0.634. The molecule has 0 saturated heterocycles. The Bertz CT molecular complexity index is 312. The van der Waals surface area contributed by atoms with Crippen molar-refractivity contribution in [3.05, 3.63) is 18.6 Å². The average Bonchev–Trinajstić information content (AvgIpc) is 2.89. The van der Waals surface area contributed by atoms with Crippen molar-refractivity contribution in [2.45, 2.75) is 43.7 Å². The zero-order valence-corrected chi connectivity index (χ0v) is 11.2. The van der Waals surface area contributed by atoms with Gasteiger partial charge in [0.1, 0.15) is 5.03 Å². The zero-order chi connectivity index (χ0) is 11.9. The second-order valence-corrected chi connectivity index (χ2v) is 5.60. The summed E-state index contributed by atoms with van der Waals surface area (Å²) in [6.07, 6.45) is 10.9. The predicted octanol–water partition coefficient (Wildman–Crippen LogP) is 2.74. The van der Waals surface area contributed by atoms with Gasteiger partial charge in [0.05, 0.1) is 6.20 Å². The molecule has 1 aliphatic rings. The fraction of sp³-hybridized carbons (Fsp3) is 0.692. The van der Waals surface area contributed by atoms with Crippen molar-refractivity contribution in [3.8, 4) is 0 Å². The Kier molecular flexibility index (Phi) is 5.26. The maximum Gasteiger partial charge on any atom is 0.114 e. The molecule has 0 bridgehead atoms. The molecule has 1 heterocycles. The van der Waals surface area contributed by atoms with Gasteiger partial charge in [-0.2, -0.15) is 0 Å². The van der Waals surface area contributed by atoms with Crippen LogP contribution in [0.4, 0.5) is 0 Å². The molecule has 1 N–H and O–H groups in total. The van der Waals surface area contributed by atoms with Crippen molar-refractivity contribution < 1.29 is 0 Å². The summed E-state index contributed by atoms with van der Waals surface area (Å²) in [5.41, 5.74) is 0. The van der Waals surface area contributed by atoms with Crippen LogP contribution in [0.1, 0.15) is 32.6 Å². The van der Waals surface area contributed by atoms with Crippen molar-refractivity contribution in [3.63, 3.8) is 0 Å². The largest absolute Gasteiger partial charge is 0.313 e. The van der Waals surface area contributed by atoms with Gasteiger partial charge in [0.25, 0.3) is 0 Å². The summed E-state index contributed by atoms with van der Waals surface area (Å²) < 4.78 is 0. The molecule has 2 rings (SSSR count). The van der Waals surface area contributed by atoms with Gasteiger partial charge in [0.15, 0.2) is 0 Å². The first kappa shape index (κ1) is 12.8. The summed E-state index contributed by atoms with van der Waals surface area (Å²) in [4.78, 5) is 8.41. The predicted molar refractivity (Wildman–Crippen MR) is 72.2 cm³/mol. The molecule has 0 aliphatic heterocycles. The lowest BCUT2D eigenvalue weighted by atomic mass is 10.00. The van der Waals surface area contributed by atoms with Gasteiger partial charge < -0.3 is 5.32 Å². The Morgan fingerprint density at radius 1 is 1.41 bits per heavy atom. The van der Waals surface area contributed by atoms with E-state index in [0.717, 1.165) is 23.2 Å². The maximum absolute atomic E-state index is 4.31. The third-order valence-corrected chi connectivity index (χ3v) is 4.42. The Hall–Kier alpha value is -0.610. The van der Waals surface area contributed by atoms with Crippen LogP contribution in [-0.2, 0) is 0 Å². The van der Waals surface area contributed by atoms with Gasteiger partial charge in [0.2, 0.25) is 0 Å². The molecule has 0 spiro atoms. The Morgan fingerprint density at radius 3 is 2.88 bits per heavy atom. The molecule has 17 heavy (non-hydrogen) atoms. The van der Waals surface area contributed by atoms with E-state index in [2.05, 4.69) is 22.2 Å². The fourth-order valence-electron chi connectivity index (χ4n) is 2.52. The normalized spacial score (nSPS) is 18.4. The maximum atomic E-state index is 4.31. The zero-order valence-electron chi connectivity index (χ0n) is 10.4. The molecule has 1 saturated carbocycles. The number of thioether (sulfide) groups is 1. The molecule has 1 aliphatic carbocycles. The van der Waals surface area contributed by atoms with E-state index in [4.69, 9.17) is 0 Å². The van der Waals surface area contributed by atoms with Gasteiger partial charge in [-0.15, -0.1) is 11.8 Å². The molecule has 1 unspecified atom stereocenters. The Morgan fingerprint density at radius 2 is 2.24 bits per heavy atom. The van der Waals surface area contributed by atoms with Crippen LogP contribution in [0.2, 0.25) is 0 Å². The monoisotopic (exact) mass is 251 g/mol. The minimum absolute atomic E-state index is 0.634. The molecule has 0 amide bonds. The van der Waals surface area contributed by atoms with Crippen LogP contribution in [0.3, 0.4) is 0 Å². The molecule has 1 aromatic heterocycles. The first-order chi connectivity index (χ1) is 8.40. The lowest BCUT2D eigenvalue weighted by Crippen LogP contribution is -2.37. The van der Waals surface area contributed by atoms with E-state index in [1.165, 1.54) is 25.7 Å². The quantitative estimate of drug-likeness (QED) is 0.789. The molecule has 1 aromatic rings. The van der Waals surface area contributed by atoms with Gasteiger partial charge in [-0.3, -0.25) is 4.98 Å². The number of aromatic nitrogens is 2. The summed E-state index contributed by atoms with van der Waals surface area (Å²) in [6.45, 7) is 3.25. The van der Waals surface area contributed by atoms with Crippen LogP contribution in [-0.4, -0.2) is 28.3 Å². The van der Waals surface area contributed by atoms with Crippen LogP contribution >= 0.6 is 11.8 Å². The first-order valence-corrected chi connectivity index (χ1v) is 7.51. The first-order valence-electron chi connectivity index (χ1n) is 6.52. The fourth-order valence-corrected chi connectivity index (χ4v) is 3.53. The minimum Gasteiger partial charge on any atom is -0.313 e. The topological polar surface area (TPSA) is 37.8 Å². The standard InChI is InChI=1S/C13H21N3S/c1-2-15-12(11-5-3-4-6-11)10-17-13-9-14-7-8-16-13/h7-9,11-12,15H,2-6,10H2,1H3. The van der Waals surface area contributed by atoms with Gasteiger partial charge >= 0.3 is 0 Å². The number of nitrogens with one attached hydrogen (secondary N) is 1. The summed E-state index contributed by atoms with van der Waals surface area (Å²) in [5, 5.41) is 4.66. The van der Waals surface area contributed by atoms with E-state index >= 15 is 0 Å². The number of hydrogen-bond donors (Lipinski definition) is 1. The van der Waals surface area contributed by atoms with Crippen molar-refractivity contribution in [1.29, 1.82) is 0 Å². The highest BCUT2D eigenvalue weighted by atomic mass is 32.2. The van der Waals surface area contributed by atoms with E-state index < -0.39 is 0 Å². The molecule has 94 valence electrons. The SMILES string of the molecule is CCNC(CSc1cnccn1)C1CCCC1. The second-order valence-electron chi connectivity index (χ2n) is 4.56. The number of rotatable bonds is 6. The summed E-state index contributed by atoms with van der Waals surface area (Å²) in [6, 6.07) is 0.634. The second kappa shape index (κ2) is 6.97. The molecular formula is C13H21N3S. The molecule has 0 aromatic carbocycles. The number of nitrogens with zero attached hydrogens (tertiary/aromatic N) is 2. The highest BCUT2D eigenvalue weighted by Crippen LogP contribution is 2.30. The van der Waals surface area contributed by atoms with Crippen molar-refractivity contribution >= 4 is 11.8 Å². The summed E-state index contributed by atoms with van der Waals surface area (Å²) >= 11 is 1.82. The lowest BCUT2D eigenvalue weighted by molar-refractivity contribution is 0.394. The summed E-state index contributed by atoms with van der Waals surface area (Å²) in [5.74, 6) is 1.97. The van der Waals surface area contributed by atoms with Crippen molar-refractivity contribution in [2.24, 2.45) is 5.92 Å². The smallest absolute Gasteiger partial charge is 0.114 e. The van der Waals surface area contributed by atoms with Crippen LogP contribution in [0.5, 0.6) is 0 Å². The number of hydrogen-bond acceptors (Lipinski definition) is 4. The lowest BCUT2D eigenvalue weighted by Gasteiger charge is -2.23. The van der Waals surface area contributed by atoms with Crippen LogP contribution < -0.4 is 5.32 Å². The summed E-state index contributed by atoms with van der Waals surface area (Å²) in [7, 11) is 0. The van der Waals surface area contributed by atoms with Gasteiger partial charge in [-0.1, -0.05) is 19.8 Å². The van der Waals surface area contributed by atoms with Gasteiger partial charge in [-0.25, -0.2) is 4.98 Å². The van der Waals surface area contributed by atoms with Crippen LogP contribution in [0.25, 0.3) is 0 Å². The molecule has 1 fully saturated rings. The molecule has 0 radical (unpaired) electrons. The Labute approximate surface area is 108 Å². The van der Waals surface area contributed by atoms with Gasteiger partial charge in [-0.05, 0) is 25.3 Å². The highest BCUT2D eigenvalue weighted by molar-refractivity contribution is 7.99. The molecule has 1 atom stereocenters. The van der Waals surface area contributed by atoms with E-state index in [-0.39, 0.29) is 0 Å². The molecule has 3 nitrogen and oxygen atoms in total. The third-order valence-electron chi connectivity index (χ3n) is 3.39. The third kappa shape index (κ3) is 3.96. The van der Waals surface area contributed by atoms with E-state index in [0.29, 0.717) is 6.04 Å². The Balaban J connectivity index is 1.84. The highest BCUT2D eigenvalue weighted by Gasteiger charge is 2.24.